The van der Waals surface area contributed by atoms with Crippen molar-refractivity contribution in [2.75, 3.05) is 16.4 Å². The van der Waals surface area contributed by atoms with E-state index >= 15 is 0 Å². The summed E-state index contributed by atoms with van der Waals surface area (Å²) in [5.74, 6) is 0.225. The maximum Gasteiger partial charge on any atom is 0.234 e. The van der Waals surface area contributed by atoms with Crippen molar-refractivity contribution >= 4 is 61.4 Å². The Morgan fingerprint density at radius 2 is 1.88 bits per heavy atom. The first-order chi connectivity index (χ1) is 11.7. The third-order valence-electron chi connectivity index (χ3n) is 2.87. The molecule has 0 aliphatic carbocycles. The van der Waals surface area contributed by atoms with Crippen molar-refractivity contribution in [2.45, 2.75) is 4.34 Å². The number of hydrogen-bond acceptors (Lipinski definition) is 6. The van der Waals surface area contributed by atoms with E-state index in [2.05, 4.69) is 36.8 Å². The number of nitrogens with one attached hydrogen (secondary N) is 2. The summed E-state index contributed by atoms with van der Waals surface area (Å²) in [5.41, 5.74) is 1.72. The van der Waals surface area contributed by atoms with E-state index in [4.69, 9.17) is 0 Å². The van der Waals surface area contributed by atoms with E-state index in [9.17, 15) is 4.79 Å². The van der Waals surface area contributed by atoms with E-state index in [0.29, 0.717) is 10.9 Å². The van der Waals surface area contributed by atoms with Gasteiger partial charge in [-0.1, -0.05) is 63.3 Å². The SMILES string of the molecule is O=C(CSc1nnc(Nc2cccc(Br)c2)s1)Nc1ccccc1. The lowest BCUT2D eigenvalue weighted by molar-refractivity contribution is -0.113. The summed E-state index contributed by atoms with van der Waals surface area (Å²) in [6.45, 7) is 0. The number of benzene rings is 2. The molecule has 5 nitrogen and oxygen atoms in total. The molecule has 2 aromatic carbocycles. The predicted octanol–water partition coefficient (Wildman–Crippen LogP) is 4.78. The average Bonchev–Trinajstić information content (AvgIpc) is 3.01. The molecular weight excluding hydrogens is 408 g/mol. The van der Waals surface area contributed by atoms with Crippen LogP contribution in [0, 0.1) is 0 Å². The molecule has 1 aromatic heterocycles. The van der Waals surface area contributed by atoms with Crippen LogP contribution in [0.3, 0.4) is 0 Å². The van der Waals surface area contributed by atoms with Crippen LogP contribution in [0.5, 0.6) is 0 Å². The highest BCUT2D eigenvalue weighted by Crippen LogP contribution is 2.28. The van der Waals surface area contributed by atoms with E-state index in [1.165, 1.54) is 23.1 Å². The Morgan fingerprint density at radius 1 is 1.08 bits per heavy atom. The van der Waals surface area contributed by atoms with Gasteiger partial charge in [-0.3, -0.25) is 4.79 Å². The molecule has 8 heteroatoms. The molecule has 1 heterocycles. The number of amides is 1. The molecule has 1 amide bonds. The fourth-order valence-electron chi connectivity index (χ4n) is 1.85. The minimum atomic E-state index is -0.0668. The van der Waals surface area contributed by atoms with Crippen LogP contribution in [0.4, 0.5) is 16.5 Å². The normalized spacial score (nSPS) is 10.4. The first-order valence-corrected chi connectivity index (χ1v) is 9.62. The Morgan fingerprint density at radius 3 is 2.67 bits per heavy atom. The number of hydrogen-bond donors (Lipinski definition) is 2. The Bertz CT molecular complexity index is 826. The molecule has 24 heavy (non-hydrogen) atoms. The van der Waals surface area contributed by atoms with Crippen molar-refractivity contribution in [1.29, 1.82) is 0 Å². The highest BCUT2D eigenvalue weighted by molar-refractivity contribution is 9.10. The van der Waals surface area contributed by atoms with Crippen LogP contribution < -0.4 is 10.6 Å². The number of para-hydroxylation sites is 1. The number of rotatable bonds is 6. The Labute approximate surface area is 156 Å². The molecule has 0 aliphatic heterocycles. The Kier molecular flexibility index (Phi) is 5.84. The molecule has 0 saturated carbocycles. The van der Waals surface area contributed by atoms with E-state index < -0.39 is 0 Å². The van der Waals surface area contributed by atoms with Crippen LogP contribution in [0.2, 0.25) is 0 Å². The summed E-state index contributed by atoms with van der Waals surface area (Å²) in [6.07, 6.45) is 0. The summed E-state index contributed by atoms with van der Waals surface area (Å²) >= 11 is 6.21. The van der Waals surface area contributed by atoms with Crippen LogP contribution in [-0.4, -0.2) is 21.9 Å². The van der Waals surface area contributed by atoms with Gasteiger partial charge in [0.05, 0.1) is 5.75 Å². The molecule has 3 aromatic rings. The molecule has 0 unspecified atom stereocenters. The van der Waals surface area contributed by atoms with Crippen molar-refractivity contribution in [1.82, 2.24) is 10.2 Å². The number of carbonyl (C=O) groups excluding carboxylic acids is 1. The fraction of sp³-hybridized carbons (Fsp3) is 0.0625. The minimum Gasteiger partial charge on any atom is -0.330 e. The number of halogens is 1. The quantitative estimate of drug-likeness (QED) is 0.561. The maximum atomic E-state index is 11.9. The zero-order valence-corrected chi connectivity index (χ0v) is 15.6. The molecule has 0 aliphatic rings. The standard InChI is InChI=1S/C16H13BrN4OS2/c17-11-5-4-8-13(9-11)19-15-20-21-16(24-15)23-10-14(22)18-12-6-2-1-3-7-12/h1-9H,10H2,(H,18,22)(H,19,20). The number of thioether (sulfide) groups is 1. The van der Waals surface area contributed by atoms with Gasteiger partial charge in [0.15, 0.2) is 4.34 Å². The zero-order valence-electron chi connectivity index (χ0n) is 12.4. The predicted molar refractivity (Wildman–Crippen MR) is 103 cm³/mol. The smallest absolute Gasteiger partial charge is 0.234 e. The summed E-state index contributed by atoms with van der Waals surface area (Å²) in [6, 6.07) is 17.2. The lowest BCUT2D eigenvalue weighted by atomic mass is 10.3. The van der Waals surface area contributed by atoms with E-state index in [0.717, 1.165) is 20.2 Å². The average molecular weight is 421 g/mol. The maximum absolute atomic E-state index is 11.9. The number of anilines is 3. The van der Waals surface area contributed by atoms with Crippen LogP contribution in [0.1, 0.15) is 0 Å². The molecular formula is C16H13BrN4OS2. The topological polar surface area (TPSA) is 66.9 Å². The van der Waals surface area contributed by atoms with Crippen molar-refractivity contribution in [3.63, 3.8) is 0 Å². The highest BCUT2D eigenvalue weighted by Gasteiger charge is 2.09. The van der Waals surface area contributed by atoms with Crippen molar-refractivity contribution < 1.29 is 4.79 Å². The Balaban J connectivity index is 1.51. The minimum absolute atomic E-state index is 0.0668. The summed E-state index contributed by atoms with van der Waals surface area (Å²) in [5, 5.41) is 14.9. The number of aromatic nitrogens is 2. The number of carbonyl (C=O) groups is 1. The van der Waals surface area contributed by atoms with Gasteiger partial charge in [0.25, 0.3) is 0 Å². The molecule has 0 spiro atoms. The molecule has 122 valence electrons. The highest BCUT2D eigenvalue weighted by atomic mass is 79.9. The third kappa shape index (κ3) is 5.05. The van der Waals surface area contributed by atoms with Crippen molar-refractivity contribution in [2.24, 2.45) is 0 Å². The fourth-order valence-corrected chi connectivity index (χ4v) is 3.83. The second kappa shape index (κ2) is 8.27. The lowest BCUT2D eigenvalue weighted by Gasteiger charge is -2.03. The molecule has 0 bridgehead atoms. The van der Waals surface area contributed by atoms with E-state index in [1.54, 1.807) is 0 Å². The molecule has 2 N–H and O–H groups in total. The second-order valence-electron chi connectivity index (χ2n) is 4.71. The van der Waals surface area contributed by atoms with Gasteiger partial charge in [-0.25, -0.2) is 0 Å². The van der Waals surface area contributed by atoms with Crippen LogP contribution in [0.25, 0.3) is 0 Å². The largest absolute Gasteiger partial charge is 0.330 e. The molecule has 0 radical (unpaired) electrons. The summed E-state index contributed by atoms with van der Waals surface area (Å²) < 4.78 is 1.74. The van der Waals surface area contributed by atoms with Gasteiger partial charge in [0.1, 0.15) is 0 Å². The van der Waals surface area contributed by atoms with Crippen LogP contribution >= 0.6 is 39.0 Å². The van der Waals surface area contributed by atoms with Gasteiger partial charge in [0, 0.05) is 15.8 Å². The molecule has 0 saturated heterocycles. The summed E-state index contributed by atoms with van der Waals surface area (Å²) in [4.78, 5) is 11.9. The van der Waals surface area contributed by atoms with Gasteiger partial charge < -0.3 is 10.6 Å². The van der Waals surface area contributed by atoms with E-state index in [1.807, 2.05) is 54.6 Å². The van der Waals surface area contributed by atoms with Crippen LogP contribution in [-0.2, 0) is 4.79 Å². The zero-order chi connectivity index (χ0) is 16.8. The van der Waals surface area contributed by atoms with Gasteiger partial charge in [-0.2, -0.15) is 0 Å². The van der Waals surface area contributed by atoms with Gasteiger partial charge in [-0.15, -0.1) is 10.2 Å². The molecule has 0 atom stereocenters. The number of nitrogens with zero attached hydrogens (tertiary/aromatic N) is 2. The first-order valence-electron chi connectivity index (χ1n) is 7.03. The lowest BCUT2D eigenvalue weighted by Crippen LogP contribution is -2.13. The van der Waals surface area contributed by atoms with Crippen LogP contribution in [0.15, 0.2) is 63.4 Å². The monoisotopic (exact) mass is 420 g/mol. The van der Waals surface area contributed by atoms with Gasteiger partial charge in [0.2, 0.25) is 11.0 Å². The Hall–Kier alpha value is -1.90. The first kappa shape index (κ1) is 16.9. The van der Waals surface area contributed by atoms with Gasteiger partial charge in [-0.05, 0) is 30.3 Å². The third-order valence-corrected chi connectivity index (χ3v) is 5.33. The molecule has 3 rings (SSSR count). The van der Waals surface area contributed by atoms with Crippen molar-refractivity contribution in [3.8, 4) is 0 Å². The summed E-state index contributed by atoms with van der Waals surface area (Å²) in [7, 11) is 0. The van der Waals surface area contributed by atoms with Crippen molar-refractivity contribution in [3.05, 3.63) is 59.1 Å². The molecule has 0 fully saturated rings. The van der Waals surface area contributed by atoms with Gasteiger partial charge >= 0.3 is 0 Å². The second-order valence-corrected chi connectivity index (χ2v) is 7.83. The van der Waals surface area contributed by atoms with E-state index in [-0.39, 0.29) is 5.91 Å².